The van der Waals surface area contributed by atoms with Gasteiger partial charge in [-0.2, -0.15) is 0 Å². The summed E-state index contributed by atoms with van der Waals surface area (Å²) in [5.41, 5.74) is 5.81. The Morgan fingerprint density at radius 3 is 2.36 bits per heavy atom. The van der Waals surface area contributed by atoms with Gasteiger partial charge in [0.2, 0.25) is 0 Å². The van der Waals surface area contributed by atoms with Crippen molar-refractivity contribution in [3.8, 4) is 0 Å². The molecule has 1 atom stereocenters. The van der Waals surface area contributed by atoms with Crippen molar-refractivity contribution >= 4 is 0 Å². The van der Waals surface area contributed by atoms with Gasteiger partial charge in [0.15, 0.2) is 0 Å². The number of hydrogen-bond donors (Lipinski definition) is 1. The molecule has 0 bridgehead atoms. The van der Waals surface area contributed by atoms with E-state index in [9.17, 15) is 0 Å². The molecule has 1 rings (SSSR count). The van der Waals surface area contributed by atoms with Gasteiger partial charge in [-0.15, -0.1) is 0 Å². The standard InChI is InChI=1S/C12H26N2/c1-4-11(9-13)14(12-5-6-12)8-7-10(2)3/h10-12H,4-9,13H2,1-3H3. The van der Waals surface area contributed by atoms with E-state index in [0.717, 1.165) is 18.5 Å². The molecule has 0 amide bonds. The van der Waals surface area contributed by atoms with E-state index in [1.54, 1.807) is 0 Å². The zero-order valence-electron chi connectivity index (χ0n) is 10.00. The van der Waals surface area contributed by atoms with Crippen molar-refractivity contribution in [2.45, 2.75) is 58.5 Å². The summed E-state index contributed by atoms with van der Waals surface area (Å²) >= 11 is 0. The highest BCUT2D eigenvalue weighted by molar-refractivity contribution is 4.88. The molecule has 2 heteroatoms. The van der Waals surface area contributed by atoms with E-state index in [2.05, 4.69) is 25.7 Å². The molecule has 0 aromatic rings. The summed E-state index contributed by atoms with van der Waals surface area (Å²) in [5, 5.41) is 0. The van der Waals surface area contributed by atoms with Gasteiger partial charge in [0, 0.05) is 18.6 Å². The lowest BCUT2D eigenvalue weighted by Crippen LogP contribution is -2.42. The van der Waals surface area contributed by atoms with Gasteiger partial charge in [-0.1, -0.05) is 20.8 Å². The van der Waals surface area contributed by atoms with E-state index in [-0.39, 0.29) is 0 Å². The second-order valence-electron chi connectivity index (χ2n) is 4.95. The third kappa shape index (κ3) is 3.58. The van der Waals surface area contributed by atoms with Crippen LogP contribution in [0, 0.1) is 5.92 Å². The second-order valence-corrected chi connectivity index (χ2v) is 4.95. The summed E-state index contributed by atoms with van der Waals surface area (Å²) < 4.78 is 0. The third-order valence-corrected chi connectivity index (χ3v) is 3.19. The fraction of sp³-hybridized carbons (Fsp3) is 1.00. The maximum absolute atomic E-state index is 5.81. The maximum atomic E-state index is 5.81. The van der Waals surface area contributed by atoms with Gasteiger partial charge < -0.3 is 5.73 Å². The summed E-state index contributed by atoms with van der Waals surface area (Å²) in [6, 6.07) is 1.49. The van der Waals surface area contributed by atoms with Gasteiger partial charge in [-0.25, -0.2) is 0 Å². The Bertz CT molecular complexity index is 148. The largest absolute Gasteiger partial charge is 0.329 e. The molecule has 84 valence electrons. The minimum absolute atomic E-state index is 0.626. The van der Waals surface area contributed by atoms with Crippen LogP contribution in [-0.4, -0.2) is 30.1 Å². The van der Waals surface area contributed by atoms with Crippen LogP contribution in [0.25, 0.3) is 0 Å². The Balaban J connectivity index is 2.37. The SMILES string of the molecule is CCC(CN)N(CCC(C)C)C1CC1. The molecule has 1 saturated carbocycles. The smallest absolute Gasteiger partial charge is 0.0218 e. The van der Waals surface area contributed by atoms with Gasteiger partial charge in [0.1, 0.15) is 0 Å². The van der Waals surface area contributed by atoms with Crippen LogP contribution in [-0.2, 0) is 0 Å². The molecule has 14 heavy (non-hydrogen) atoms. The van der Waals surface area contributed by atoms with E-state index < -0.39 is 0 Å². The predicted molar refractivity (Wildman–Crippen MR) is 62.3 cm³/mol. The Morgan fingerprint density at radius 2 is 2.00 bits per heavy atom. The zero-order chi connectivity index (χ0) is 10.6. The van der Waals surface area contributed by atoms with Crippen molar-refractivity contribution in [2.24, 2.45) is 11.7 Å². The highest BCUT2D eigenvalue weighted by atomic mass is 15.2. The number of nitrogens with two attached hydrogens (primary N) is 1. The van der Waals surface area contributed by atoms with Crippen molar-refractivity contribution < 1.29 is 0 Å². The molecule has 0 spiro atoms. The van der Waals surface area contributed by atoms with E-state index in [0.29, 0.717) is 6.04 Å². The molecule has 0 radical (unpaired) electrons. The van der Waals surface area contributed by atoms with Crippen molar-refractivity contribution in [2.75, 3.05) is 13.1 Å². The average Bonchev–Trinajstić information content (AvgIpc) is 2.95. The monoisotopic (exact) mass is 198 g/mol. The van der Waals surface area contributed by atoms with E-state index >= 15 is 0 Å². The fourth-order valence-electron chi connectivity index (χ4n) is 2.01. The number of nitrogens with zero attached hydrogens (tertiary/aromatic N) is 1. The van der Waals surface area contributed by atoms with Crippen LogP contribution in [0.3, 0.4) is 0 Å². The van der Waals surface area contributed by atoms with Crippen LogP contribution < -0.4 is 5.73 Å². The Hall–Kier alpha value is -0.0800. The molecule has 2 nitrogen and oxygen atoms in total. The summed E-state index contributed by atoms with van der Waals surface area (Å²) in [4.78, 5) is 2.65. The predicted octanol–water partition coefficient (Wildman–Crippen LogP) is 2.23. The first-order chi connectivity index (χ1) is 6.69. The van der Waals surface area contributed by atoms with Crippen LogP contribution in [0.5, 0.6) is 0 Å². The minimum atomic E-state index is 0.626. The van der Waals surface area contributed by atoms with Gasteiger partial charge >= 0.3 is 0 Å². The van der Waals surface area contributed by atoms with Crippen molar-refractivity contribution in [1.82, 2.24) is 4.90 Å². The van der Waals surface area contributed by atoms with Gasteiger partial charge in [0.05, 0.1) is 0 Å². The number of rotatable bonds is 7. The molecule has 1 aliphatic rings. The van der Waals surface area contributed by atoms with Crippen LogP contribution in [0.1, 0.15) is 46.5 Å². The van der Waals surface area contributed by atoms with Gasteiger partial charge in [-0.3, -0.25) is 4.90 Å². The molecular formula is C12H26N2. The molecule has 0 aromatic heterocycles. The van der Waals surface area contributed by atoms with Gasteiger partial charge in [0.25, 0.3) is 0 Å². The molecule has 0 heterocycles. The normalized spacial score (nSPS) is 19.3. The Morgan fingerprint density at radius 1 is 1.36 bits per heavy atom. The third-order valence-electron chi connectivity index (χ3n) is 3.19. The van der Waals surface area contributed by atoms with Crippen molar-refractivity contribution in [3.05, 3.63) is 0 Å². The first-order valence-electron chi connectivity index (χ1n) is 6.14. The molecule has 1 aliphatic carbocycles. The second kappa shape index (κ2) is 5.72. The lowest BCUT2D eigenvalue weighted by atomic mass is 10.1. The first kappa shape index (κ1) is 12.0. The summed E-state index contributed by atoms with van der Waals surface area (Å²) in [6.45, 7) is 8.92. The molecule has 0 saturated heterocycles. The van der Waals surface area contributed by atoms with E-state index in [4.69, 9.17) is 5.73 Å². The molecular weight excluding hydrogens is 172 g/mol. The van der Waals surface area contributed by atoms with Crippen LogP contribution in [0.15, 0.2) is 0 Å². The van der Waals surface area contributed by atoms with Crippen molar-refractivity contribution in [3.63, 3.8) is 0 Å². The van der Waals surface area contributed by atoms with Gasteiger partial charge in [-0.05, 0) is 38.1 Å². The molecule has 2 N–H and O–H groups in total. The Labute approximate surface area is 88.8 Å². The molecule has 0 aliphatic heterocycles. The zero-order valence-corrected chi connectivity index (χ0v) is 10.00. The molecule has 0 aromatic carbocycles. The van der Waals surface area contributed by atoms with Crippen LogP contribution >= 0.6 is 0 Å². The summed E-state index contributed by atoms with van der Waals surface area (Å²) in [5.74, 6) is 0.812. The fourth-order valence-corrected chi connectivity index (χ4v) is 2.01. The van der Waals surface area contributed by atoms with Crippen molar-refractivity contribution in [1.29, 1.82) is 0 Å². The van der Waals surface area contributed by atoms with E-state index in [1.807, 2.05) is 0 Å². The lowest BCUT2D eigenvalue weighted by molar-refractivity contribution is 0.175. The minimum Gasteiger partial charge on any atom is -0.329 e. The highest BCUT2D eigenvalue weighted by Crippen LogP contribution is 2.29. The Kier molecular flexibility index (Phi) is 4.90. The first-order valence-corrected chi connectivity index (χ1v) is 6.14. The number of hydrogen-bond acceptors (Lipinski definition) is 2. The van der Waals surface area contributed by atoms with E-state index in [1.165, 1.54) is 32.2 Å². The van der Waals surface area contributed by atoms with Crippen LogP contribution in [0.4, 0.5) is 0 Å². The lowest BCUT2D eigenvalue weighted by Gasteiger charge is -2.30. The summed E-state index contributed by atoms with van der Waals surface area (Å²) in [7, 11) is 0. The maximum Gasteiger partial charge on any atom is 0.0218 e. The topological polar surface area (TPSA) is 29.3 Å². The molecule has 1 unspecified atom stereocenters. The summed E-state index contributed by atoms with van der Waals surface area (Å²) in [6.07, 6.45) is 5.31. The highest BCUT2D eigenvalue weighted by Gasteiger charge is 2.32. The quantitative estimate of drug-likeness (QED) is 0.680. The average molecular weight is 198 g/mol. The molecule has 1 fully saturated rings. The van der Waals surface area contributed by atoms with Crippen LogP contribution in [0.2, 0.25) is 0 Å².